The Labute approximate surface area is 137 Å². The topological polar surface area (TPSA) is 55.8 Å². The highest BCUT2D eigenvalue weighted by molar-refractivity contribution is 5.81. The van der Waals surface area contributed by atoms with Crippen molar-refractivity contribution in [3.8, 4) is 5.75 Å². The highest BCUT2D eigenvalue weighted by Gasteiger charge is 2.14. The number of ether oxygens (including phenoxy) is 2. The zero-order valence-electron chi connectivity index (χ0n) is 14.1. The van der Waals surface area contributed by atoms with E-state index in [1.165, 1.54) is 5.56 Å². The molecule has 0 fully saturated rings. The lowest BCUT2D eigenvalue weighted by Gasteiger charge is -2.20. The van der Waals surface area contributed by atoms with Gasteiger partial charge in [-0.1, -0.05) is 31.2 Å². The van der Waals surface area contributed by atoms with Crippen LogP contribution in [0.15, 0.2) is 36.4 Å². The fraction of sp³-hybridized carbons (Fsp3) is 0.444. The van der Waals surface area contributed by atoms with Crippen LogP contribution in [-0.4, -0.2) is 43.1 Å². The van der Waals surface area contributed by atoms with Gasteiger partial charge in [0.2, 0.25) is 0 Å². The third-order valence-electron chi connectivity index (χ3n) is 3.24. The van der Waals surface area contributed by atoms with Gasteiger partial charge in [-0.25, -0.2) is 4.79 Å². The zero-order chi connectivity index (χ0) is 17.2. The standard InChI is InChI=1S/C18H25NO4/c1-5-15-7-9-16(10-8-15)22-13-18(21)23-12-17(20)19(6-2)11-14(3)4/h7-10H,3,5-6,11-13H2,1-2,4H3. The quantitative estimate of drug-likeness (QED) is 0.518. The minimum absolute atomic E-state index is 0.217. The Morgan fingerprint density at radius 1 is 1.13 bits per heavy atom. The van der Waals surface area contributed by atoms with Gasteiger partial charge in [0.15, 0.2) is 13.2 Å². The molecule has 1 aromatic carbocycles. The molecule has 0 radical (unpaired) electrons. The van der Waals surface area contributed by atoms with Gasteiger partial charge >= 0.3 is 5.97 Å². The van der Waals surface area contributed by atoms with Crippen LogP contribution >= 0.6 is 0 Å². The predicted octanol–water partition coefficient (Wildman–Crippen LogP) is 2.60. The first-order valence-electron chi connectivity index (χ1n) is 7.75. The van der Waals surface area contributed by atoms with E-state index in [9.17, 15) is 9.59 Å². The number of hydrogen-bond acceptors (Lipinski definition) is 4. The van der Waals surface area contributed by atoms with Gasteiger partial charge in [-0.3, -0.25) is 4.79 Å². The maximum atomic E-state index is 11.9. The van der Waals surface area contributed by atoms with E-state index >= 15 is 0 Å². The second-order valence-corrected chi connectivity index (χ2v) is 5.31. The molecular weight excluding hydrogens is 294 g/mol. The molecule has 1 rings (SSSR count). The van der Waals surface area contributed by atoms with Crippen molar-refractivity contribution < 1.29 is 19.1 Å². The Morgan fingerprint density at radius 2 is 1.78 bits per heavy atom. The number of rotatable bonds is 9. The van der Waals surface area contributed by atoms with E-state index in [1.807, 2.05) is 38.1 Å². The van der Waals surface area contributed by atoms with E-state index in [1.54, 1.807) is 4.90 Å². The molecule has 0 aliphatic heterocycles. The molecule has 0 N–H and O–H groups in total. The minimum atomic E-state index is -0.565. The van der Waals surface area contributed by atoms with Crippen LogP contribution in [0, 0.1) is 0 Å². The summed E-state index contributed by atoms with van der Waals surface area (Å²) in [6.45, 7) is 10.1. The summed E-state index contributed by atoms with van der Waals surface area (Å²) in [5, 5.41) is 0. The average Bonchev–Trinajstić information content (AvgIpc) is 2.55. The summed E-state index contributed by atoms with van der Waals surface area (Å²) >= 11 is 0. The van der Waals surface area contributed by atoms with Crippen molar-refractivity contribution in [1.82, 2.24) is 4.90 Å². The monoisotopic (exact) mass is 319 g/mol. The molecular formula is C18H25NO4. The lowest BCUT2D eigenvalue weighted by atomic mass is 10.2. The molecule has 0 aliphatic rings. The summed E-state index contributed by atoms with van der Waals surface area (Å²) in [4.78, 5) is 25.2. The number of esters is 1. The van der Waals surface area contributed by atoms with Gasteiger partial charge in [0.05, 0.1) is 0 Å². The largest absolute Gasteiger partial charge is 0.482 e. The third-order valence-corrected chi connectivity index (χ3v) is 3.24. The van der Waals surface area contributed by atoms with Crippen molar-refractivity contribution in [3.63, 3.8) is 0 Å². The molecule has 0 bridgehead atoms. The molecule has 0 saturated carbocycles. The molecule has 0 aliphatic carbocycles. The number of carbonyl (C=O) groups is 2. The molecule has 23 heavy (non-hydrogen) atoms. The number of carbonyl (C=O) groups excluding carboxylic acids is 2. The Bertz CT molecular complexity index is 536. The SMILES string of the molecule is C=C(C)CN(CC)C(=O)COC(=O)COc1ccc(CC)cc1. The number of aryl methyl sites for hydroxylation is 1. The van der Waals surface area contributed by atoms with E-state index in [4.69, 9.17) is 9.47 Å². The summed E-state index contributed by atoms with van der Waals surface area (Å²) in [5.41, 5.74) is 2.08. The summed E-state index contributed by atoms with van der Waals surface area (Å²) in [6, 6.07) is 7.51. The van der Waals surface area contributed by atoms with Crippen molar-refractivity contribution in [1.29, 1.82) is 0 Å². The fourth-order valence-corrected chi connectivity index (χ4v) is 1.94. The number of amides is 1. The molecule has 5 nitrogen and oxygen atoms in total. The fourth-order valence-electron chi connectivity index (χ4n) is 1.94. The number of likely N-dealkylation sites (N-methyl/N-ethyl adjacent to an activating group) is 1. The van der Waals surface area contributed by atoms with Crippen LogP contribution in [-0.2, 0) is 20.7 Å². The van der Waals surface area contributed by atoms with E-state index in [-0.39, 0.29) is 19.1 Å². The highest BCUT2D eigenvalue weighted by atomic mass is 16.6. The molecule has 5 heteroatoms. The summed E-state index contributed by atoms with van der Waals surface area (Å²) < 4.78 is 10.3. The Morgan fingerprint density at radius 3 is 2.30 bits per heavy atom. The highest BCUT2D eigenvalue weighted by Crippen LogP contribution is 2.12. The van der Waals surface area contributed by atoms with Crippen LogP contribution in [0.1, 0.15) is 26.3 Å². The first-order chi connectivity index (χ1) is 11.0. The zero-order valence-corrected chi connectivity index (χ0v) is 14.1. The second kappa shape index (κ2) is 9.66. The molecule has 1 aromatic rings. The van der Waals surface area contributed by atoms with Crippen molar-refractivity contribution in [2.24, 2.45) is 0 Å². The van der Waals surface area contributed by atoms with E-state index in [0.717, 1.165) is 12.0 Å². The smallest absolute Gasteiger partial charge is 0.344 e. The molecule has 0 aromatic heterocycles. The van der Waals surface area contributed by atoms with E-state index in [0.29, 0.717) is 18.8 Å². The van der Waals surface area contributed by atoms with Gasteiger partial charge in [0.1, 0.15) is 5.75 Å². The van der Waals surface area contributed by atoms with Crippen molar-refractivity contribution in [3.05, 3.63) is 42.0 Å². The summed E-state index contributed by atoms with van der Waals surface area (Å²) in [7, 11) is 0. The van der Waals surface area contributed by atoms with Gasteiger partial charge in [-0.2, -0.15) is 0 Å². The van der Waals surface area contributed by atoms with Gasteiger partial charge in [0, 0.05) is 13.1 Å². The predicted molar refractivity (Wildman–Crippen MR) is 89.3 cm³/mol. The first kappa shape index (κ1) is 18.7. The minimum Gasteiger partial charge on any atom is -0.482 e. The summed E-state index contributed by atoms with van der Waals surface area (Å²) in [6.07, 6.45) is 0.947. The van der Waals surface area contributed by atoms with Crippen LogP contribution in [0.2, 0.25) is 0 Å². The van der Waals surface area contributed by atoms with Crippen molar-refractivity contribution in [2.75, 3.05) is 26.3 Å². The van der Waals surface area contributed by atoms with Gasteiger partial charge in [-0.15, -0.1) is 0 Å². The van der Waals surface area contributed by atoms with Crippen LogP contribution in [0.3, 0.4) is 0 Å². The van der Waals surface area contributed by atoms with Gasteiger partial charge in [0.25, 0.3) is 5.91 Å². The van der Waals surface area contributed by atoms with Gasteiger partial charge in [-0.05, 0) is 38.0 Å². The molecule has 0 saturated heterocycles. The van der Waals surface area contributed by atoms with E-state index in [2.05, 4.69) is 13.5 Å². The molecule has 0 spiro atoms. The molecule has 0 heterocycles. The lowest BCUT2D eigenvalue weighted by Crippen LogP contribution is -2.36. The number of benzene rings is 1. The first-order valence-corrected chi connectivity index (χ1v) is 7.75. The Hall–Kier alpha value is -2.30. The van der Waals surface area contributed by atoms with Crippen LogP contribution in [0.25, 0.3) is 0 Å². The van der Waals surface area contributed by atoms with Crippen LogP contribution < -0.4 is 4.74 Å². The molecule has 1 amide bonds. The van der Waals surface area contributed by atoms with Gasteiger partial charge < -0.3 is 14.4 Å². The maximum Gasteiger partial charge on any atom is 0.344 e. The van der Waals surface area contributed by atoms with Crippen LogP contribution in [0.4, 0.5) is 0 Å². The van der Waals surface area contributed by atoms with Crippen LogP contribution in [0.5, 0.6) is 5.75 Å². The van der Waals surface area contributed by atoms with E-state index < -0.39 is 5.97 Å². The summed E-state index contributed by atoms with van der Waals surface area (Å²) in [5.74, 6) is -0.205. The third kappa shape index (κ3) is 7.00. The van der Waals surface area contributed by atoms with Crippen molar-refractivity contribution >= 4 is 11.9 Å². The Balaban J connectivity index is 2.35. The normalized spacial score (nSPS) is 10.0. The average molecular weight is 319 g/mol. The maximum absolute atomic E-state index is 11.9. The molecule has 0 atom stereocenters. The Kier molecular flexibility index (Phi) is 7.88. The van der Waals surface area contributed by atoms with Crippen molar-refractivity contribution in [2.45, 2.75) is 27.2 Å². The lowest BCUT2D eigenvalue weighted by molar-refractivity contribution is -0.153. The molecule has 126 valence electrons. The second-order valence-electron chi connectivity index (χ2n) is 5.31. The number of nitrogens with zero attached hydrogens (tertiary/aromatic N) is 1. The molecule has 0 unspecified atom stereocenters. The number of hydrogen-bond donors (Lipinski definition) is 0.